The van der Waals surface area contributed by atoms with Crippen molar-refractivity contribution in [2.45, 2.75) is 12.5 Å². The minimum atomic E-state index is -0.0667. The van der Waals surface area contributed by atoms with Crippen molar-refractivity contribution in [3.05, 3.63) is 42.8 Å². The van der Waals surface area contributed by atoms with E-state index in [1.807, 2.05) is 12.4 Å². The van der Waals surface area contributed by atoms with Gasteiger partial charge in [-0.2, -0.15) is 0 Å². The van der Waals surface area contributed by atoms with Gasteiger partial charge in [0.05, 0.1) is 23.6 Å². The molecular weight excluding hydrogens is 330 g/mol. The summed E-state index contributed by atoms with van der Waals surface area (Å²) in [4.78, 5) is 39.2. The molecule has 0 unspecified atom stereocenters. The first kappa shape index (κ1) is 16.3. The Bertz CT molecular complexity index is 965. The van der Waals surface area contributed by atoms with Crippen molar-refractivity contribution in [3.8, 4) is 0 Å². The molecule has 0 saturated carbocycles. The number of carbonyl (C=O) groups excluding carboxylic acids is 2. The van der Waals surface area contributed by atoms with Gasteiger partial charge in [0.15, 0.2) is 5.78 Å². The number of H-pyrrole nitrogens is 1. The molecule has 1 saturated heterocycles. The summed E-state index contributed by atoms with van der Waals surface area (Å²) in [6.07, 6.45) is 8.55. The first-order valence-electron chi connectivity index (χ1n) is 8.45. The normalized spacial score (nSPS) is 17.2. The van der Waals surface area contributed by atoms with E-state index in [1.54, 1.807) is 24.2 Å². The van der Waals surface area contributed by atoms with Crippen molar-refractivity contribution < 1.29 is 9.59 Å². The molecule has 7 nitrogen and oxygen atoms in total. The fourth-order valence-electron chi connectivity index (χ4n) is 3.24. The van der Waals surface area contributed by atoms with E-state index in [0.717, 1.165) is 35.4 Å². The number of nitrogens with zero attached hydrogens (tertiary/aromatic N) is 4. The number of rotatable bonds is 4. The Balaban J connectivity index is 1.58. The molecule has 1 amide bonds. The van der Waals surface area contributed by atoms with Gasteiger partial charge in [0.1, 0.15) is 5.65 Å². The van der Waals surface area contributed by atoms with Crippen LogP contribution in [0.2, 0.25) is 0 Å². The van der Waals surface area contributed by atoms with Crippen LogP contribution < -0.4 is 4.90 Å². The number of pyridine rings is 1. The maximum Gasteiger partial charge on any atom is 0.246 e. The SMILES string of the molecule is C=CC(=O)N(C)C1CN(c2cnc3[nH]cc(C4=CC(=O)CC=N4)c3c2)C1. The minimum absolute atomic E-state index is 0.0500. The lowest BCUT2D eigenvalue weighted by Crippen LogP contribution is -2.59. The molecule has 4 rings (SSSR count). The van der Waals surface area contributed by atoms with E-state index in [-0.39, 0.29) is 17.7 Å². The number of allylic oxidation sites excluding steroid dienone is 1. The molecule has 26 heavy (non-hydrogen) atoms. The van der Waals surface area contributed by atoms with Crippen LogP contribution in [0.3, 0.4) is 0 Å². The molecule has 1 fully saturated rings. The van der Waals surface area contributed by atoms with Crippen molar-refractivity contribution in [1.82, 2.24) is 14.9 Å². The van der Waals surface area contributed by atoms with Crippen LogP contribution in [0.25, 0.3) is 16.7 Å². The predicted molar refractivity (Wildman–Crippen MR) is 101 cm³/mol. The third kappa shape index (κ3) is 2.71. The third-order valence-corrected chi connectivity index (χ3v) is 4.91. The van der Waals surface area contributed by atoms with Crippen molar-refractivity contribution in [2.24, 2.45) is 4.99 Å². The zero-order chi connectivity index (χ0) is 18.3. The van der Waals surface area contributed by atoms with Crippen molar-refractivity contribution in [1.29, 1.82) is 0 Å². The van der Waals surface area contributed by atoms with Crippen LogP contribution in [0.15, 0.2) is 42.2 Å². The monoisotopic (exact) mass is 349 g/mol. The van der Waals surface area contributed by atoms with Crippen LogP contribution in [0, 0.1) is 0 Å². The summed E-state index contributed by atoms with van der Waals surface area (Å²) in [5, 5.41) is 0.930. The van der Waals surface area contributed by atoms with Crippen LogP contribution >= 0.6 is 0 Å². The van der Waals surface area contributed by atoms with E-state index >= 15 is 0 Å². The van der Waals surface area contributed by atoms with Gasteiger partial charge in [0, 0.05) is 56.0 Å². The highest BCUT2D eigenvalue weighted by atomic mass is 16.2. The number of aromatic amines is 1. The predicted octanol–water partition coefficient (Wildman–Crippen LogP) is 1.78. The van der Waals surface area contributed by atoms with Crippen LogP contribution in [0.1, 0.15) is 12.0 Å². The van der Waals surface area contributed by atoms with E-state index in [0.29, 0.717) is 12.1 Å². The molecule has 4 heterocycles. The van der Waals surface area contributed by atoms with Crippen molar-refractivity contribution >= 4 is 40.3 Å². The Kier molecular flexibility index (Phi) is 3.91. The molecule has 0 aromatic carbocycles. The smallest absolute Gasteiger partial charge is 0.246 e. The summed E-state index contributed by atoms with van der Waals surface area (Å²) in [6, 6.07) is 2.22. The van der Waals surface area contributed by atoms with Gasteiger partial charge in [-0.1, -0.05) is 6.58 Å². The zero-order valence-corrected chi connectivity index (χ0v) is 14.5. The molecule has 2 aliphatic heterocycles. The standard InChI is InChI=1S/C19H19N5O2/c1-3-18(26)23(2)13-10-24(11-13)12-6-15-16(9-22-19(15)21-8-12)17-7-14(25)4-5-20-17/h3,5-9,13H,1,4,10-11H2,2H3,(H,21,22). The number of anilines is 1. The summed E-state index contributed by atoms with van der Waals surface area (Å²) >= 11 is 0. The van der Waals surface area contributed by atoms with Crippen LogP contribution in [0.5, 0.6) is 0 Å². The quantitative estimate of drug-likeness (QED) is 0.853. The van der Waals surface area contributed by atoms with Gasteiger partial charge in [-0.3, -0.25) is 14.6 Å². The molecule has 7 heteroatoms. The number of amides is 1. The van der Waals surface area contributed by atoms with E-state index < -0.39 is 0 Å². The fraction of sp³-hybridized carbons (Fsp3) is 0.263. The largest absolute Gasteiger partial charge is 0.366 e. The van der Waals surface area contributed by atoms with E-state index in [9.17, 15) is 9.59 Å². The molecular formula is C19H19N5O2. The fourth-order valence-corrected chi connectivity index (χ4v) is 3.24. The van der Waals surface area contributed by atoms with E-state index in [2.05, 4.69) is 32.5 Å². The first-order chi connectivity index (χ1) is 12.6. The first-order valence-corrected chi connectivity index (χ1v) is 8.45. The highest BCUT2D eigenvalue weighted by Gasteiger charge is 2.32. The highest BCUT2D eigenvalue weighted by Crippen LogP contribution is 2.31. The Morgan fingerprint density at radius 2 is 2.27 bits per heavy atom. The van der Waals surface area contributed by atoms with E-state index in [1.165, 1.54) is 6.08 Å². The van der Waals surface area contributed by atoms with Crippen LogP contribution in [0.4, 0.5) is 5.69 Å². The molecule has 0 aliphatic carbocycles. The number of nitrogens with one attached hydrogen (secondary N) is 1. The second-order valence-electron chi connectivity index (χ2n) is 6.52. The number of aliphatic imine (C=N–C) groups is 1. The number of carbonyl (C=O) groups is 2. The van der Waals surface area contributed by atoms with Gasteiger partial charge < -0.3 is 14.8 Å². The summed E-state index contributed by atoms with van der Waals surface area (Å²) in [5.41, 5.74) is 3.27. The van der Waals surface area contributed by atoms with Gasteiger partial charge in [-0.25, -0.2) is 4.98 Å². The van der Waals surface area contributed by atoms with Gasteiger partial charge in [0.2, 0.25) is 5.91 Å². The molecule has 2 aliphatic rings. The average Bonchev–Trinajstić information content (AvgIpc) is 3.03. The third-order valence-electron chi connectivity index (χ3n) is 4.91. The van der Waals surface area contributed by atoms with Crippen LogP contribution in [-0.4, -0.2) is 59.0 Å². The summed E-state index contributed by atoms with van der Waals surface area (Å²) in [7, 11) is 1.79. The van der Waals surface area contributed by atoms with Gasteiger partial charge in [-0.05, 0) is 12.1 Å². The maximum absolute atomic E-state index is 11.7. The number of ketones is 1. The lowest BCUT2D eigenvalue weighted by molar-refractivity contribution is -0.127. The maximum atomic E-state index is 11.7. The average molecular weight is 349 g/mol. The molecule has 132 valence electrons. The summed E-state index contributed by atoms with van der Waals surface area (Å²) in [6.45, 7) is 5.03. The Morgan fingerprint density at radius 1 is 1.46 bits per heavy atom. The molecule has 0 spiro atoms. The molecule has 1 N–H and O–H groups in total. The minimum Gasteiger partial charge on any atom is -0.366 e. The lowest BCUT2D eigenvalue weighted by Gasteiger charge is -2.45. The number of hydrogen-bond donors (Lipinski definition) is 1. The Labute approximate surface area is 150 Å². The van der Waals surface area contributed by atoms with Crippen molar-refractivity contribution in [3.63, 3.8) is 0 Å². The molecule has 2 aromatic rings. The number of aromatic nitrogens is 2. The zero-order valence-electron chi connectivity index (χ0n) is 14.5. The van der Waals surface area contributed by atoms with Crippen molar-refractivity contribution in [2.75, 3.05) is 25.0 Å². The molecule has 2 aromatic heterocycles. The number of hydrogen-bond acceptors (Lipinski definition) is 5. The second kappa shape index (κ2) is 6.25. The molecule has 0 atom stereocenters. The van der Waals surface area contributed by atoms with Gasteiger partial charge in [0.25, 0.3) is 0 Å². The summed E-state index contributed by atoms with van der Waals surface area (Å²) in [5.74, 6) is -0.0168. The number of fused-ring (bicyclic) bond motifs is 1. The molecule has 0 bridgehead atoms. The topological polar surface area (TPSA) is 81.7 Å². The number of likely N-dealkylation sites (N-methyl/N-ethyl adjacent to an activating group) is 1. The van der Waals surface area contributed by atoms with Gasteiger partial charge in [-0.15, -0.1) is 0 Å². The van der Waals surface area contributed by atoms with Crippen LogP contribution in [-0.2, 0) is 9.59 Å². The Hall–Kier alpha value is -3.22. The molecule has 0 radical (unpaired) electrons. The Morgan fingerprint density at radius 3 is 3.00 bits per heavy atom. The summed E-state index contributed by atoms with van der Waals surface area (Å²) < 4.78 is 0. The highest BCUT2D eigenvalue weighted by molar-refractivity contribution is 6.09. The lowest BCUT2D eigenvalue weighted by atomic mass is 10.0. The second-order valence-corrected chi connectivity index (χ2v) is 6.52. The van der Waals surface area contributed by atoms with E-state index in [4.69, 9.17) is 0 Å². The van der Waals surface area contributed by atoms with Gasteiger partial charge >= 0.3 is 0 Å².